The summed E-state index contributed by atoms with van der Waals surface area (Å²) in [5.41, 5.74) is 0. The zero-order valence-corrected chi connectivity index (χ0v) is 54.5. The van der Waals surface area contributed by atoms with Gasteiger partial charge in [-0.05, 0) is 171 Å². The molecule has 0 radical (unpaired) electrons. The highest BCUT2D eigenvalue weighted by atomic mass is 31.1. The molecule has 0 aromatic heterocycles. The standard InChI is InChI=1S/C74H78P8/c1-11-31-65(32-12-1)77(57-51-75(53-61-79(67-35-15-3-16-36-67)68-37-17-4-18-38-68)54-62-80(69-39-19-5-20-40-69)70-41-21-6-22-42-70)59-60-78(66-33-13-2-14-34-66)58-52-76(55-63-81(71-43-23-7-24-44-71)72-45-25-8-26-46-72)56-64-82(73-47-27-9-28-48-73)74-49-29-10-30-50-74/h1-50H,51-64H2. The molecule has 8 heteroatoms. The fourth-order valence-corrected chi connectivity index (χ4v) is 36.3. The minimum absolute atomic E-state index is 0.223. The molecule has 0 amide bonds. The van der Waals surface area contributed by atoms with E-state index in [0.717, 1.165) is 0 Å². The summed E-state index contributed by atoms with van der Waals surface area (Å²) >= 11 is 0. The third-order valence-electron chi connectivity index (χ3n) is 15.4. The van der Waals surface area contributed by atoms with E-state index < -0.39 is 31.7 Å². The highest BCUT2D eigenvalue weighted by Crippen LogP contribution is 2.52. The molecule has 0 bridgehead atoms. The SMILES string of the molecule is c1ccc(P(CCP(CCP(c2ccccc2)c2ccccc2)CCP(c2ccccc2)c2ccccc2)CCP(CCP(CCP(c2ccccc2)c2ccccc2)CCP(c2ccccc2)c2ccccc2)c2ccccc2)cc1. The Hall–Kier alpha value is -4.36. The Bertz CT molecular complexity index is 2720. The molecule has 0 fully saturated rings. The van der Waals surface area contributed by atoms with Crippen molar-refractivity contribution in [3.8, 4) is 0 Å². The summed E-state index contributed by atoms with van der Waals surface area (Å²) in [5.74, 6) is 0. The Morgan fingerprint density at radius 3 is 0.439 bits per heavy atom. The molecule has 0 aliphatic rings. The Balaban J connectivity index is 0.905. The van der Waals surface area contributed by atoms with E-state index in [1.165, 1.54) is 129 Å². The van der Waals surface area contributed by atoms with Gasteiger partial charge in [0, 0.05) is 0 Å². The van der Waals surface area contributed by atoms with Crippen LogP contribution in [-0.4, -0.2) is 86.3 Å². The number of rotatable bonds is 31. The second kappa shape index (κ2) is 34.0. The van der Waals surface area contributed by atoms with Gasteiger partial charge >= 0.3 is 0 Å². The first-order chi connectivity index (χ1) is 40.7. The largest absolute Gasteiger partial charge is 0.106 e. The van der Waals surface area contributed by atoms with Crippen LogP contribution in [0.1, 0.15) is 0 Å². The van der Waals surface area contributed by atoms with Crippen molar-refractivity contribution in [3.63, 3.8) is 0 Å². The van der Waals surface area contributed by atoms with Gasteiger partial charge in [-0.25, -0.2) is 0 Å². The molecule has 0 saturated carbocycles. The molecular formula is C74H78P8. The van der Waals surface area contributed by atoms with E-state index in [0.29, 0.717) is 0 Å². The van der Waals surface area contributed by atoms with Crippen LogP contribution in [0.4, 0.5) is 0 Å². The molecule has 2 atom stereocenters. The molecule has 0 spiro atoms. The van der Waals surface area contributed by atoms with E-state index in [-0.39, 0.29) is 31.7 Å². The minimum Gasteiger partial charge on any atom is -0.106 e. The van der Waals surface area contributed by atoms with Crippen molar-refractivity contribution >= 4 is 116 Å². The van der Waals surface area contributed by atoms with Crippen LogP contribution < -0.4 is 53.0 Å². The molecule has 82 heavy (non-hydrogen) atoms. The Kier molecular flexibility index (Phi) is 25.2. The monoisotopic (exact) mass is 1210 g/mol. The van der Waals surface area contributed by atoms with Crippen LogP contribution in [0, 0.1) is 0 Å². The van der Waals surface area contributed by atoms with E-state index >= 15 is 0 Å². The molecule has 0 saturated heterocycles. The molecule has 0 aliphatic carbocycles. The molecule has 2 unspecified atom stereocenters. The van der Waals surface area contributed by atoms with Gasteiger partial charge in [0.1, 0.15) is 0 Å². The quantitative estimate of drug-likeness (QED) is 0.0380. The third-order valence-corrected chi connectivity index (χ3v) is 38.1. The van der Waals surface area contributed by atoms with Crippen molar-refractivity contribution in [1.29, 1.82) is 0 Å². The van der Waals surface area contributed by atoms with Crippen LogP contribution in [0.25, 0.3) is 0 Å². The van der Waals surface area contributed by atoms with Crippen molar-refractivity contribution in [2.75, 3.05) is 86.3 Å². The highest BCUT2D eigenvalue weighted by molar-refractivity contribution is 7.76. The number of hydrogen-bond donors (Lipinski definition) is 0. The minimum atomic E-state index is -0.447. The van der Waals surface area contributed by atoms with Crippen molar-refractivity contribution in [2.24, 2.45) is 0 Å². The van der Waals surface area contributed by atoms with Crippen LogP contribution in [0.2, 0.25) is 0 Å². The average Bonchev–Trinajstić information content (AvgIpc) is 3.58. The van der Waals surface area contributed by atoms with E-state index in [9.17, 15) is 0 Å². The summed E-state index contributed by atoms with van der Waals surface area (Å²) in [6.07, 6.45) is 18.3. The molecule has 10 rings (SSSR count). The first-order valence-electron chi connectivity index (χ1n) is 29.3. The fourth-order valence-electron chi connectivity index (χ4n) is 10.9. The summed E-state index contributed by atoms with van der Waals surface area (Å²) in [7, 11) is -2.92. The lowest BCUT2D eigenvalue weighted by atomic mass is 10.4. The second-order valence-corrected chi connectivity index (χ2v) is 40.3. The van der Waals surface area contributed by atoms with Crippen molar-refractivity contribution in [3.05, 3.63) is 303 Å². The van der Waals surface area contributed by atoms with Gasteiger partial charge < -0.3 is 0 Å². The van der Waals surface area contributed by atoms with Crippen LogP contribution in [0.15, 0.2) is 303 Å². The van der Waals surface area contributed by atoms with E-state index in [1.54, 1.807) is 10.6 Å². The van der Waals surface area contributed by atoms with E-state index in [1.807, 2.05) is 0 Å². The predicted octanol–water partition coefficient (Wildman–Crippen LogP) is 16.1. The highest BCUT2D eigenvalue weighted by Gasteiger charge is 2.25. The summed E-state index contributed by atoms with van der Waals surface area (Å²) in [6, 6.07) is 116. The molecule has 414 valence electrons. The van der Waals surface area contributed by atoms with Gasteiger partial charge in [0.05, 0.1) is 0 Å². The fraction of sp³-hybridized carbons (Fsp3) is 0.189. The van der Waals surface area contributed by atoms with E-state index in [4.69, 9.17) is 0 Å². The van der Waals surface area contributed by atoms with Crippen LogP contribution in [-0.2, 0) is 0 Å². The number of hydrogen-bond acceptors (Lipinski definition) is 0. The van der Waals surface area contributed by atoms with Gasteiger partial charge in [-0.1, -0.05) is 319 Å². The normalized spacial score (nSPS) is 12.4. The molecular weight excluding hydrogens is 1140 g/mol. The molecule has 0 aliphatic heterocycles. The first kappa shape index (κ1) is 60.8. The van der Waals surface area contributed by atoms with Gasteiger partial charge in [-0.3, -0.25) is 0 Å². The molecule has 0 nitrogen and oxygen atoms in total. The zero-order chi connectivity index (χ0) is 55.6. The predicted molar refractivity (Wildman–Crippen MR) is 384 cm³/mol. The maximum Gasteiger partial charge on any atom is -0.0195 e. The van der Waals surface area contributed by atoms with Crippen LogP contribution in [0.5, 0.6) is 0 Å². The molecule has 10 aromatic rings. The Morgan fingerprint density at radius 1 is 0.134 bits per heavy atom. The summed E-state index contributed by atoms with van der Waals surface area (Å²) < 4.78 is 0. The lowest BCUT2D eigenvalue weighted by Gasteiger charge is -2.29. The molecule has 0 heterocycles. The van der Waals surface area contributed by atoms with Gasteiger partial charge in [0.2, 0.25) is 0 Å². The Labute approximate surface area is 502 Å². The van der Waals surface area contributed by atoms with E-state index in [2.05, 4.69) is 303 Å². The second-order valence-electron chi connectivity index (χ2n) is 20.6. The van der Waals surface area contributed by atoms with Crippen molar-refractivity contribution < 1.29 is 0 Å². The maximum absolute atomic E-state index is 2.49. The summed E-state index contributed by atoms with van der Waals surface area (Å²) in [6.45, 7) is 0. The lowest BCUT2D eigenvalue weighted by molar-refractivity contribution is 1.33. The molecule has 0 N–H and O–H groups in total. The summed E-state index contributed by atoms with van der Waals surface area (Å²) in [5, 5.41) is 15.3. The maximum atomic E-state index is 2.49. The number of benzene rings is 10. The smallest absolute Gasteiger partial charge is 0.0195 e. The summed E-state index contributed by atoms with van der Waals surface area (Å²) in [4.78, 5) is 0. The zero-order valence-electron chi connectivity index (χ0n) is 47.3. The third kappa shape index (κ3) is 18.6. The van der Waals surface area contributed by atoms with Gasteiger partial charge in [-0.2, -0.15) is 0 Å². The van der Waals surface area contributed by atoms with Crippen molar-refractivity contribution in [1.82, 2.24) is 0 Å². The average molecular weight is 1220 g/mol. The van der Waals surface area contributed by atoms with Crippen LogP contribution in [0.3, 0.4) is 0 Å². The Morgan fingerprint density at radius 2 is 0.268 bits per heavy atom. The van der Waals surface area contributed by atoms with Crippen LogP contribution >= 0.6 is 63.4 Å². The topological polar surface area (TPSA) is 0 Å². The van der Waals surface area contributed by atoms with Gasteiger partial charge in [0.15, 0.2) is 0 Å². The van der Waals surface area contributed by atoms with Gasteiger partial charge in [0.25, 0.3) is 0 Å². The molecule has 10 aromatic carbocycles. The van der Waals surface area contributed by atoms with Gasteiger partial charge in [-0.15, -0.1) is 15.8 Å². The first-order valence-corrected chi connectivity index (χ1v) is 42.6. The van der Waals surface area contributed by atoms with Crippen molar-refractivity contribution in [2.45, 2.75) is 0 Å². The lowest BCUT2D eigenvalue weighted by Crippen LogP contribution is -2.19.